The van der Waals surface area contributed by atoms with E-state index in [1.807, 2.05) is 24.3 Å². The van der Waals surface area contributed by atoms with Gasteiger partial charge in [-0.25, -0.2) is 0 Å². The first-order valence-corrected chi connectivity index (χ1v) is 8.55. The van der Waals surface area contributed by atoms with Gasteiger partial charge in [-0.3, -0.25) is 4.79 Å². The van der Waals surface area contributed by atoms with Crippen LogP contribution in [0.5, 0.6) is 0 Å². The van der Waals surface area contributed by atoms with Crippen molar-refractivity contribution >= 4 is 21.9 Å². The lowest BCUT2D eigenvalue weighted by molar-refractivity contribution is -0.665. The topological polar surface area (TPSA) is 42.9 Å². The van der Waals surface area contributed by atoms with Crippen LogP contribution in [0.3, 0.4) is 0 Å². The van der Waals surface area contributed by atoms with Gasteiger partial charge in [-0.15, -0.1) is 0 Å². The predicted octanol–water partition coefficient (Wildman–Crippen LogP) is 2.68. The molecule has 1 fully saturated rings. The lowest BCUT2D eigenvalue weighted by Crippen LogP contribution is -2.86. The summed E-state index contributed by atoms with van der Waals surface area (Å²) < 4.78 is 6.83. The number of carbonyl (C=O) groups excluding carboxylic acids is 1. The fourth-order valence-electron chi connectivity index (χ4n) is 2.99. The van der Waals surface area contributed by atoms with Gasteiger partial charge in [0.05, 0.1) is 13.1 Å². The van der Waals surface area contributed by atoms with Crippen molar-refractivity contribution in [3.63, 3.8) is 0 Å². The van der Waals surface area contributed by atoms with E-state index in [2.05, 4.69) is 35.1 Å². The molecule has 3 nitrogen and oxygen atoms in total. The summed E-state index contributed by atoms with van der Waals surface area (Å²) in [5.41, 5.74) is 0.804. The van der Waals surface area contributed by atoms with Gasteiger partial charge < -0.3 is 10.1 Å². The number of piperidine rings is 1. The molecule has 116 valence electrons. The number of carbonyl (C=O) groups is 1. The highest BCUT2D eigenvalue weighted by atomic mass is 79.9. The third-order valence-electron chi connectivity index (χ3n) is 4.35. The van der Waals surface area contributed by atoms with Crippen molar-refractivity contribution in [2.75, 3.05) is 13.1 Å². The second kappa shape index (κ2) is 7.41. The summed E-state index contributed by atoms with van der Waals surface area (Å²) in [6.45, 7) is 6.39. The molecule has 1 aliphatic heterocycles. The summed E-state index contributed by atoms with van der Waals surface area (Å²) in [7, 11) is 0. The fraction of sp³-hybridized carbons (Fsp3) is 0.588. The van der Waals surface area contributed by atoms with Crippen LogP contribution in [0.25, 0.3) is 0 Å². The zero-order valence-electron chi connectivity index (χ0n) is 12.9. The monoisotopic (exact) mass is 354 g/mol. The van der Waals surface area contributed by atoms with Crippen LogP contribution in [0.15, 0.2) is 28.7 Å². The van der Waals surface area contributed by atoms with Gasteiger partial charge in [0.25, 0.3) is 0 Å². The van der Waals surface area contributed by atoms with E-state index in [9.17, 15) is 4.79 Å². The van der Waals surface area contributed by atoms with Gasteiger partial charge in [0, 0.05) is 29.7 Å². The number of benzene rings is 1. The summed E-state index contributed by atoms with van der Waals surface area (Å²) in [4.78, 5) is 12.1. The van der Waals surface area contributed by atoms with Crippen molar-refractivity contribution in [1.29, 1.82) is 0 Å². The van der Waals surface area contributed by atoms with Gasteiger partial charge in [0.1, 0.15) is 5.60 Å². The number of ether oxygens (including phenoxy) is 1. The first kappa shape index (κ1) is 16.5. The smallest absolute Gasteiger partial charge is 0.306 e. The molecule has 0 saturated carbocycles. The minimum atomic E-state index is -0.348. The summed E-state index contributed by atoms with van der Waals surface area (Å²) in [6.07, 6.45) is 3.41. The average molecular weight is 355 g/mol. The van der Waals surface area contributed by atoms with Gasteiger partial charge in [0.15, 0.2) is 0 Å². The van der Waals surface area contributed by atoms with E-state index >= 15 is 0 Å². The fourth-order valence-corrected chi connectivity index (χ4v) is 3.47. The van der Waals surface area contributed by atoms with E-state index in [0.717, 1.165) is 42.4 Å². The Labute approximate surface area is 135 Å². The van der Waals surface area contributed by atoms with Crippen molar-refractivity contribution in [1.82, 2.24) is 0 Å². The Morgan fingerprint density at radius 2 is 2.00 bits per heavy atom. The first-order valence-electron chi connectivity index (χ1n) is 7.76. The molecule has 1 aromatic carbocycles. The lowest BCUT2D eigenvalue weighted by atomic mass is 9.83. The van der Waals surface area contributed by atoms with E-state index < -0.39 is 0 Å². The van der Waals surface area contributed by atoms with Gasteiger partial charge in [-0.05, 0) is 31.9 Å². The van der Waals surface area contributed by atoms with Crippen LogP contribution in [0.2, 0.25) is 0 Å². The van der Waals surface area contributed by atoms with Crippen molar-refractivity contribution in [3.05, 3.63) is 34.3 Å². The molecule has 1 saturated heterocycles. The third kappa shape index (κ3) is 4.82. The average Bonchev–Trinajstić information content (AvgIpc) is 2.47. The standard InChI is InChI=1S/C17H24BrNO2/c1-17(2,14-9-11-19-12-10-14)21-16(20)8-7-13-5-3-4-6-15(13)18/h3-6,14,19H,7-12H2,1-2H3/p+1. The maximum absolute atomic E-state index is 12.1. The number of nitrogens with two attached hydrogens (primary N) is 1. The number of halogens is 1. The van der Waals surface area contributed by atoms with E-state index in [1.54, 1.807) is 0 Å². The second-order valence-corrected chi connectivity index (χ2v) is 7.16. The zero-order chi connectivity index (χ0) is 15.3. The van der Waals surface area contributed by atoms with Crippen LogP contribution in [-0.2, 0) is 16.0 Å². The molecule has 0 aromatic heterocycles. The molecule has 1 aliphatic rings. The summed E-state index contributed by atoms with van der Waals surface area (Å²) >= 11 is 3.51. The molecule has 1 aromatic rings. The van der Waals surface area contributed by atoms with Crippen LogP contribution >= 0.6 is 15.9 Å². The number of hydrogen-bond donors (Lipinski definition) is 1. The van der Waals surface area contributed by atoms with Crippen LogP contribution in [0, 0.1) is 5.92 Å². The highest BCUT2D eigenvalue weighted by Crippen LogP contribution is 2.28. The van der Waals surface area contributed by atoms with Crippen LogP contribution in [-0.4, -0.2) is 24.7 Å². The van der Waals surface area contributed by atoms with Gasteiger partial charge in [-0.2, -0.15) is 0 Å². The Morgan fingerprint density at radius 1 is 1.33 bits per heavy atom. The summed E-state index contributed by atoms with van der Waals surface area (Å²) in [5, 5.41) is 2.33. The van der Waals surface area contributed by atoms with E-state index in [1.165, 1.54) is 0 Å². The molecule has 1 heterocycles. The van der Waals surface area contributed by atoms with Crippen molar-refractivity contribution in [2.24, 2.45) is 5.92 Å². The third-order valence-corrected chi connectivity index (χ3v) is 5.13. The summed E-state index contributed by atoms with van der Waals surface area (Å²) in [5.74, 6) is 0.389. The predicted molar refractivity (Wildman–Crippen MR) is 87.0 cm³/mol. The molecule has 4 heteroatoms. The van der Waals surface area contributed by atoms with E-state index in [4.69, 9.17) is 4.74 Å². The van der Waals surface area contributed by atoms with Gasteiger partial charge in [0.2, 0.25) is 0 Å². The van der Waals surface area contributed by atoms with Crippen LogP contribution in [0.1, 0.15) is 38.7 Å². The number of hydrogen-bond acceptors (Lipinski definition) is 2. The van der Waals surface area contributed by atoms with Gasteiger partial charge >= 0.3 is 5.97 Å². The number of rotatable bonds is 5. The molecule has 0 radical (unpaired) electrons. The van der Waals surface area contributed by atoms with Crippen molar-refractivity contribution in [3.8, 4) is 0 Å². The molecule has 0 atom stereocenters. The Balaban J connectivity index is 1.84. The Hall–Kier alpha value is -0.870. The maximum atomic E-state index is 12.1. The highest BCUT2D eigenvalue weighted by molar-refractivity contribution is 9.10. The summed E-state index contributed by atoms with van der Waals surface area (Å²) in [6, 6.07) is 8.02. The zero-order valence-corrected chi connectivity index (χ0v) is 14.5. The molecule has 0 spiro atoms. The second-order valence-electron chi connectivity index (χ2n) is 6.31. The lowest BCUT2D eigenvalue weighted by Gasteiger charge is -2.35. The van der Waals surface area contributed by atoms with Crippen molar-refractivity contribution in [2.45, 2.75) is 45.1 Å². The van der Waals surface area contributed by atoms with Crippen molar-refractivity contribution < 1.29 is 14.8 Å². The molecule has 0 bridgehead atoms. The Morgan fingerprint density at radius 3 is 2.67 bits per heavy atom. The van der Waals surface area contributed by atoms with E-state index in [-0.39, 0.29) is 11.6 Å². The molecular formula is C17H25BrNO2+. The number of esters is 1. The molecule has 0 aliphatic carbocycles. The maximum Gasteiger partial charge on any atom is 0.306 e. The van der Waals surface area contributed by atoms with Crippen LogP contribution in [0.4, 0.5) is 0 Å². The molecule has 0 amide bonds. The van der Waals surface area contributed by atoms with E-state index in [0.29, 0.717) is 12.3 Å². The molecule has 21 heavy (non-hydrogen) atoms. The highest BCUT2D eigenvalue weighted by Gasteiger charge is 2.35. The molecular weight excluding hydrogens is 330 g/mol. The first-order chi connectivity index (χ1) is 9.99. The Kier molecular flexibility index (Phi) is 5.82. The molecule has 2 rings (SSSR count). The molecule has 2 N–H and O–H groups in total. The quantitative estimate of drug-likeness (QED) is 0.826. The molecule has 0 unspecified atom stereocenters. The largest absolute Gasteiger partial charge is 0.459 e. The SMILES string of the molecule is CC(C)(OC(=O)CCc1ccccc1Br)C1CC[NH2+]CC1. The minimum absolute atomic E-state index is 0.0923. The number of quaternary nitrogens is 1. The minimum Gasteiger partial charge on any atom is -0.459 e. The van der Waals surface area contributed by atoms with Crippen LogP contribution < -0.4 is 5.32 Å². The van der Waals surface area contributed by atoms with Gasteiger partial charge in [-0.1, -0.05) is 34.1 Å². The normalized spacial score (nSPS) is 16.7. The number of aryl methyl sites for hydroxylation is 1. The Bertz CT molecular complexity index is 481.